The van der Waals surface area contributed by atoms with E-state index in [4.69, 9.17) is 10.9 Å². The number of hydrogen-bond donors (Lipinski definition) is 2. The quantitative estimate of drug-likeness (QED) is 0.535. The minimum Gasteiger partial charge on any atom is -0.328 e. The summed E-state index contributed by atoms with van der Waals surface area (Å²) in [5, 5.41) is 4.80. The molecule has 1 atom stereocenters. The lowest BCUT2D eigenvalue weighted by molar-refractivity contribution is 0.202. The van der Waals surface area contributed by atoms with E-state index < -0.39 is 16.4 Å². The van der Waals surface area contributed by atoms with Gasteiger partial charge in [-0.1, -0.05) is 58.3 Å². The summed E-state index contributed by atoms with van der Waals surface area (Å²) < 4.78 is 26.1. The maximum absolute atomic E-state index is 10.7. The highest BCUT2D eigenvalue weighted by atomic mass is 32.2. The van der Waals surface area contributed by atoms with Crippen LogP contribution in [0.2, 0.25) is 0 Å². The molecule has 0 bridgehead atoms. The lowest BCUT2D eigenvalue weighted by Crippen LogP contribution is -2.30. The summed E-state index contributed by atoms with van der Waals surface area (Å²) in [6.07, 6.45) is 9.85. The van der Waals surface area contributed by atoms with Gasteiger partial charge in [-0.05, 0) is 6.42 Å². The van der Waals surface area contributed by atoms with Crippen molar-refractivity contribution >= 4 is 10.3 Å². The third-order valence-corrected chi connectivity index (χ3v) is 3.45. The molecular formula is C12H28N2O3S. The molecule has 0 aromatic carbocycles. The third kappa shape index (κ3) is 12.3. The first-order valence-electron chi connectivity index (χ1n) is 6.90. The molecule has 0 spiro atoms. The zero-order valence-electron chi connectivity index (χ0n) is 11.4. The molecule has 0 aliphatic carbocycles. The molecule has 4 N–H and O–H groups in total. The van der Waals surface area contributed by atoms with Crippen molar-refractivity contribution in [3.63, 3.8) is 0 Å². The predicted molar refractivity (Wildman–Crippen MR) is 74.3 cm³/mol. The van der Waals surface area contributed by atoms with Crippen LogP contribution >= 0.6 is 0 Å². The van der Waals surface area contributed by atoms with Gasteiger partial charge < -0.3 is 5.73 Å². The Morgan fingerprint density at radius 3 is 1.94 bits per heavy atom. The van der Waals surface area contributed by atoms with Crippen LogP contribution in [0.1, 0.15) is 64.7 Å². The first-order chi connectivity index (χ1) is 8.49. The fraction of sp³-hybridized carbons (Fsp3) is 1.00. The fourth-order valence-electron chi connectivity index (χ4n) is 1.90. The Kier molecular flexibility index (Phi) is 10.6. The average Bonchev–Trinajstić information content (AvgIpc) is 2.29. The number of rotatable bonds is 12. The molecule has 1 unspecified atom stereocenters. The highest BCUT2D eigenvalue weighted by molar-refractivity contribution is 7.84. The van der Waals surface area contributed by atoms with Gasteiger partial charge in [0.15, 0.2) is 0 Å². The van der Waals surface area contributed by atoms with Crippen LogP contribution in [0.5, 0.6) is 0 Å². The van der Waals surface area contributed by atoms with Gasteiger partial charge in [-0.2, -0.15) is 8.42 Å². The van der Waals surface area contributed by atoms with Crippen molar-refractivity contribution < 1.29 is 12.6 Å². The summed E-state index contributed by atoms with van der Waals surface area (Å²) in [6, 6.07) is 0. The predicted octanol–water partition coefficient (Wildman–Crippen LogP) is 2.06. The SMILES string of the molecule is CCCCCCCCCCC(CN)OS(N)(=O)=O. The van der Waals surface area contributed by atoms with Gasteiger partial charge in [0.25, 0.3) is 0 Å². The number of hydrogen-bond acceptors (Lipinski definition) is 4. The van der Waals surface area contributed by atoms with Gasteiger partial charge in [-0.25, -0.2) is 5.14 Å². The van der Waals surface area contributed by atoms with Gasteiger partial charge in [-0.15, -0.1) is 0 Å². The van der Waals surface area contributed by atoms with Crippen LogP contribution in [0.3, 0.4) is 0 Å². The molecule has 0 saturated heterocycles. The Morgan fingerprint density at radius 1 is 1.00 bits per heavy atom. The van der Waals surface area contributed by atoms with Crippen LogP contribution in [0.4, 0.5) is 0 Å². The Morgan fingerprint density at radius 2 is 1.50 bits per heavy atom. The highest BCUT2D eigenvalue weighted by Crippen LogP contribution is 2.12. The first kappa shape index (κ1) is 17.8. The fourth-order valence-corrected chi connectivity index (χ4v) is 2.45. The normalized spacial score (nSPS) is 13.7. The van der Waals surface area contributed by atoms with Crippen molar-refractivity contribution in [2.75, 3.05) is 6.54 Å². The molecule has 6 heteroatoms. The Balaban J connectivity index is 3.46. The molecule has 0 amide bonds. The van der Waals surface area contributed by atoms with Crippen LogP contribution in [-0.2, 0) is 14.5 Å². The standard InChI is InChI=1S/C12H28N2O3S/c1-2-3-4-5-6-7-8-9-10-12(11-13)17-18(14,15)16/h12H,2-11,13H2,1H3,(H2,14,15,16). The minimum atomic E-state index is -3.87. The second-order valence-corrected chi connectivity index (χ2v) is 5.89. The van der Waals surface area contributed by atoms with E-state index in [0.717, 1.165) is 12.8 Å². The van der Waals surface area contributed by atoms with Crippen molar-refractivity contribution in [1.29, 1.82) is 0 Å². The summed E-state index contributed by atoms with van der Waals surface area (Å²) in [6.45, 7) is 2.39. The van der Waals surface area contributed by atoms with Gasteiger partial charge in [-0.3, -0.25) is 4.18 Å². The van der Waals surface area contributed by atoms with Crippen molar-refractivity contribution in [3.05, 3.63) is 0 Å². The molecule has 0 fully saturated rings. The van der Waals surface area contributed by atoms with E-state index in [1.54, 1.807) is 0 Å². The second kappa shape index (κ2) is 10.7. The number of unbranched alkanes of at least 4 members (excludes halogenated alkanes) is 7. The van der Waals surface area contributed by atoms with E-state index in [1.807, 2.05) is 0 Å². The van der Waals surface area contributed by atoms with E-state index in [9.17, 15) is 8.42 Å². The second-order valence-electron chi connectivity index (χ2n) is 4.71. The summed E-state index contributed by atoms with van der Waals surface area (Å²) in [7, 11) is -3.87. The highest BCUT2D eigenvalue weighted by Gasteiger charge is 2.13. The monoisotopic (exact) mass is 280 g/mol. The Labute approximate surface area is 112 Å². The largest absolute Gasteiger partial charge is 0.333 e. The average molecular weight is 280 g/mol. The third-order valence-electron chi connectivity index (χ3n) is 2.91. The molecule has 0 heterocycles. The van der Waals surface area contributed by atoms with Crippen LogP contribution in [0, 0.1) is 0 Å². The Hall–Kier alpha value is -0.170. The van der Waals surface area contributed by atoms with Crippen molar-refractivity contribution in [3.8, 4) is 0 Å². The summed E-state index contributed by atoms with van der Waals surface area (Å²) in [5.74, 6) is 0. The van der Waals surface area contributed by atoms with E-state index in [-0.39, 0.29) is 6.54 Å². The summed E-state index contributed by atoms with van der Waals surface area (Å²) in [5.41, 5.74) is 5.43. The van der Waals surface area contributed by atoms with Gasteiger partial charge in [0.05, 0.1) is 6.10 Å². The van der Waals surface area contributed by atoms with E-state index in [2.05, 4.69) is 11.1 Å². The molecule has 18 heavy (non-hydrogen) atoms. The van der Waals surface area contributed by atoms with Crippen LogP contribution in [0.25, 0.3) is 0 Å². The maximum atomic E-state index is 10.7. The van der Waals surface area contributed by atoms with Crippen LogP contribution in [-0.4, -0.2) is 21.1 Å². The molecule has 5 nitrogen and oxygen atoms in total. The molecule has 0 aromatic rings. The molecule has 0 aromatic heterocycles. The summed E-state index contributed by atoms with van der Waals surface area (Å²) in [4.78, 5) is 0. The van der Waals surface area contributed by atoms with Gasteiger partial charge in [0, 0.05) is 6.54 Å². The van der Waals surface area contributed by atoms with Crippen LogP contribution in [0.15, 0.2) is 0 Å². The molecular weight excluding hydrogens is 252 g/mol. The molecule has 0 rings (SSSR count). The lowest BCUT2D eigenvalue weighted by Gasteiger charge is -2.13. The lowest BCUT2D eigenvalue weighted by atomic mass is 10.1. The Bertz CT molecular complexity index is 281. The van der Waals surface area contributed by atoms with Crippen molar-refractivity contribution in [1.82, 2.24) is 0 Å². The van der Waals surface area contributed by atoms with E-state index >= 15 is 0 Å². The maximum Gasteiger partial charge on any atom is 0.333 e. The van der Waals surface area contributed by atoms with E-state index in [0.29, 0.717) is 6.42 Å². The number of nitrogens with two attached hydrogens (primary N) is 2. The molecule has 0 aliphatic rings. The van der Waals surface area contributed by atoms with Gasteiger partial charge in [0.1, 0.15) is 0 Å². The minimum absolute atomic E-state index is 0.187. The van der Waals surface area contributed by atoms with Gasteiger partial charge >= 0.3 is 10.3 Å². The molecule has 0 aliphatic heterocycles. The molecule has 110 valence electrons. The zero-order valence-corrected chi connectivity index (χ0v) is 12.3. The van der Waals surface area contributed by atoms with Gasteiger partial charge in [0.2, 0.25) is 0 Å². The molecule has 0 saturated carbocycles. The van der Waals surface area contributed by atoms with Crippen molar-refractivity contribution in [2.24, 2.45) is 10.9 Å². The molecule has 0 radical (unpaired) electrons. The zero-order chi connectivity index (χ0) is 13.9. The first-order valence-corrected chi connectivity index (χ1v) is 8.37. The van der Waals surface area contributed by atoms with Crippen LogP contribution < -0.4 is 10.9 Å². The smallest absolute Gasteiger partial charge is 0.328 e. The van der Waals surface area contributed by atoms with Crippen molar-refractivity contribution in [2.45, 2.75) is 70.8 Å². The topological polar surface area (TPSA) is 95.4 Å². The summed E-state index contributed by atoms with van der Waals surface area (Å²) >= 11 is 0. The van der Waals surface area contributed by atoms with E-state index in [1.165, 1.54) is 38.5 Å².